The Kier molecular flexibility index (Phi) is 10.7. The Bertz CT molecular complexity index is 1990. The molecular formula is C36H37ClN6O6S. The Morgan fingerprint density at radius 1 is 0.900 bits per heavy atom. The molecule has 1 saturated heterocycles. The molecule has 0 saturated carbocycles. The number of carbonyl (C=O) groups excluding carboxylic acids is 2. The zero-order valence-corrected chi connectivity index (χ0v) is 28.7. The third kappa shape index (κ3) is 8.41. The molecule has 50 heavy (non-hydrogen) atoms. The first-order chi connectivity index (χ1) is 24.1. The van der Waals surface area contributed by atoms with Crippen molar-refractivity contribution in [2.75, 3.05) is 35.8 Å². The fourth-order valence-electron chi connectivity index (χ4n) is 6.41. The number of anilines is 2. The lowest BCUT2D eigenvalue weighted by Crippen LogP contribution is -2.58. The van der Waals surface area contributed by atoms with Gasteiger partial charge in [0, 0.05) is 55.8 Å². The van der Waals surface area contributed by atoms with Gasteiger partial charge in [0.2, 0.25) is 21.8 Å². The van der Waals surface area contributed by atoms with Crippen molar-refractivity contribution >= 4 is 50.5 Å². The Hall–Kier alpha value is -4.98. The number of hydrogen-bond acceptors (Lipinski definition) is 8. The van der Waals surface area contributed by atoms with Gasteiger partial charge in [-0.15, -0.1) is 0 Å². The van der Waals surface area contributed by atoms with Crippen molar-refractivity contribution in [3.8, 4) is 0 Å². The highest BCUT2D eigenvalue weighted by Crippen LogP contribution is 2.29. The Morgan fingerprint density at radius 2 is 1.56 bits per heavy atom. The molecular weight excluding hydrogens is 680 g/mol. The van der Waals surface area contributed by atoms with Gasteiger partial charge in [-0.2, -0.15) is 0 Å². The van der Waals surface area contributed by atoms with Crippen LogP contribution >= 0.6 is 11.6 Å². The van der Waals surface area contributed by atoms with Gasteiger partial charge >= 0.3 is 0 Å². The lowest BCUT2D eigenvalue weighted by atomic mass is 9.95. The standard InChI is InChI=1S/C36H37ClN6O6S/c37-29-15-13-25(14-16-29)21-32(39-35(44)31-22-26-7-1-2-8-27(26)23-38-31)36(45)42-19-17-41(18-20-42)34-12-6-4-10-30(34)40-50(48,49)24-28-9-3-5-11-33(28)43(46)47/h1-16,31-32,38,40H,17-24H2,(H,39,44)/t31-,32+/m0/s1. The summed E-state index contributed by atoms with van der Waals surface area (Å²) in [5.41, 5.74) is 3.89. The number of fused-ring (bicyclic) bond motifs is 1. The molecule has 260 valence electrons. The maximum Gasteiger partial charge on any atom is 0.273 e. The SMILES string of the molecule is O=C(N[C@H](Cc1ccc(Cl)cc1)C(=O)N1CCN(c2ccccc2NS(=O)(=O)Cc2ccccc2[N+](=O)[O-])CC1)[C@@H]1Cc2ccccc2CN1. The summed E-state index contributed by atoms with van der Waals surface area (Å²) in [6, 6.07) is 26.6. The van der Waals surface area contributed by atoms with Gasteiger partial charge < -0.3 is 20.4 Å². The summed E-state index contributed by atoms with van der Waals surface area (Å²) in [5, 5.41) is 18.3. The van der Waals surface area contributed by atoms with E-state index in [0.29, 0.717) is 55.5 Å². The zero-order chi connectivity index (χ0) is 35.3. The van der Waals surface area contributed by atoms with Crippen LogP contribution in [0.25, 0.3) is 0 Å². The number of nitro groups is 1. The predicted molar refractivity (Wildman–Crippen MR) is 192 cm³/mol. The average Bonchev–Trinajstić information content (AvgIpc) is 3.12. The summed E-state index contributed by atoms with van der Waals surface area (Å²) < 4.78 is 29.0. The number of amides is 2. The van der Waals surface area contributed by atoms with Gasteiger partial charge in [-0.1, -0.05) is 78.3 Å². The molecule has 0 aliphatic carbocycles. The smallest absolute Gasteiger partial charge is 0.273 e. The maximum atomic E-state index is 14.0. The van der Waals surface area contributed by atoms with E-state index >= 15 is 0 Å². The van der Waals surface area contributed by atoms with Crippen LogP contribution in [0.15, 0.2) is 97.1 Å². The molecule has 0 unspecified atom stereocenters. The van der Waals surface area contributed by atoms with E-state index in [-0.39, 0.29) is 29.5 Å². The third-order valence-electron chi connectivity index (χ3n) is 9.00. The lowest BCUT2D eigenvalue weighted by Gasteiger charge is -2.38. The number of para-hydroxylation sites is 3. The molecule has 2 atom stereocenters. The minimum absolute atomic E-state index is 0.0823. The van der Waals surface area contributed by atoms with Crippen molar-refractivity contribution in [1.82, 2.24) is 15.5 Å². The van der Waals surface area contributed by atoms with Crippen LogP contribution in [0.1, 0.15) is 22.3 Å². The van der Waals surface area contributed by atoms with Gasteiger partial charge in [0.25, 0.3) is 5.69 Å². The third-order valence-corrected chi connectivity index (χ3v) is 10.5. The largest absolute Gasteiger partial charge is 0.366 e. The quantitative estimate of drug-likeness (QED) is 0.154. The predicted octanol–water partition coefficient (Wildman–Crippen LogP) is 4.28. The van der Waals surface area contributed by atoms with Crippen LogP contribution in [-0.2, 0) is 44.8 Å². The molecule has 2 aliphatic rings. The number of benzene rings is 4. The van der Waals surface area contributed by atoms with Crippen LogP contribution < -0.4 is 20.3 Å². The van der Waals surface area contributed by atoms with Gasteiger partial charge in [0.1, 0.15) is 11.8 Å². The van der Waals surface area contributed by atoms with Gasteiger partial charge in [-0.05, 0) is 47.4 Å². The summed E-state index contributed by atoms with van der Waals surface area (Å²) in [7, 11) is -4.01. The van der Waals surface area contributed by atoms with Crippen molar-refractivity contribution in [3.63, 3.8) is 0 Å². The second kappa shape index (κ2) is 15.3. The van der Waals surface area contributed by atoms with E-state index in [1.165, 1.54) is 18.2 Å². The van der Waals surface area contributed by atoms with E-state index in [1.807, 2.05) is 41.3 Å². The van der Waals surface area contributed by atoms with Gasteiger partial charge in [-0.3, -0.25) is 24.4 Å². The summed E-state index contributed by atoms with van der Waals surface area (Å²) in [5.74, 6) is -1.01. The summed E-state index contributed by atoms with van der Waals surface area (Å²) in [6.07, 6.45) is 0.809. The van der Waals surface area contributed by atoms with E-state index in [2.05, 4.69) is 15.4 Å². The van der Waals surface area contributed by atoms with Crippen molar-refractivity contribution in [1.29, 1.82) is 0 Å². The van der Waals surface area contributed by atoms with Crippen molar-refractivity contribution in [3.05, 3.63) is 134 Å². The number of piperazine rings is 1. The summed E-state index contributed by atoms with van der Waals surface area (Å²) >= 11 is 6.10. The summed E-state index contributed by atoms with van der Waals surface area (Å²) in [6.45, 7) is 2.08. The molecule has 0 aromatic heterocycles. The molecule has 2 aliphatic heterocycles. The monoisotopic (exact) mass is 716 g/mol. The van der Waals surface area contributed by atoms with E-state index in [4.69, 9.17) is 11.6 Å². The van der Waals surface area contributed by atoms with Gasteiger partial charge in [-0.25, -0.2) is 8.42 Å². The molecule has 0 bridgehead atoms. The first-order valence-electron chi connectivity index (χ1n) is 16.3. The van der Waals surface area contributed by atoms with Crippen LogP contribution in [0, 0.1) is 10.1 Å². The maximum absolute atomic E-state index is 14.0. The fraction of sp³-hybridized carbons (Fsp3) is 0.278. The van der Waals surface area contributed by atoms with Crippen LogP contribution in [0.4, 0.5) is 17.1 Å². The minimum Gasteiger partial charge on any atom is -0.366 e. The highest BCUT2D eigenvalue weighted by Gasteiger charge is 2.33. The first-order valence-corrected chi connectivity index (χ1v) is 18.3. The lowest BCUT2D eigenvalue weighted by molar-refractivity contribution is -0.385. The normalized spacial score (nSPS) is 16.6. The number of sulfonamides is 1. The molecule has 0 radical (unpaired) electrons. The van der Waals surface area contributed by atoms with Crippen LogP contribution in [-0.4, -0.2) is 68.3 Å². The molecule has 0 spiro atoms. The van der Waals surface area contributed by atoms with E-state index in [9.17, 15) is 28.1 Å². The van der Waals surface area contributed by atoms with E-state index in [1.54, 1.807) is 47.4 Å². The van der Waals surface area contributed by atoms with E-state index < -0.39 is 32.8 Å². The van der Waals surface area contributed by atoms with Crippen LogP contribution in [0.5, 0.6) is 0 Å². The van der Waals surface area contributed by atoms with Crippen molar-refractivity contribution in [2.45, 2.75) is 37.2 Å². The zero-order valence-electron chi connectivity index (χ0n) is 27.1. The Morgan fingerprint density at radius 3 is 2.30 bits per heavy atom. The molecule has 2 heterocycles. The number of rotatable bonds is 11. The number of carbonyl (C=O) groups is 2. The molecule has 6 rings (SSSR count). The second-order valence-corrected chi connectivity index (χ2v) is 14.5. The number of halogens is 1. The van der Waals surface area contributed by atoms with Crippen molar-refractivity contribution in [2.24, 2.45) is 0 Å². The van der Waals surface area contributed by atoms with Crippen molar-refractivity contribution < 1.29 is 22.9 Å². The molecule has 4 aromatic carbocycles. The topological polar surface area (TPSA) is 154 Å². The number of hydrogen-bond donors (Lipinski definition) is 3. The molecule has 4 aromatic rings. The van der Waals surface area contributed by atoms with Gasteiger partial charge in [0.05, 0.1) is 22.3 Å². The Balaban J connectivity index is 1.13. The minimum atomic E-state index is -4.01. The number of nitrogens with one attached hydrogen (secondary N) is 3. The summed E-state index contributed by atoms with van der Waals surface area (Å²) in [4.78, 5) is 42.1. The molecule has 12 nitrogen and oxygen atoms in total. The number of nitrogens with zero attached hydrogens (tertiary/aromatic N) is 3. The van der Waals surface area contributed by atoms with Gasteiger partial charge in [0.15, 0.2) is 0 Å². The van der Waals surface area contributed by atoms with Crippen LogP contribution in [0.3, 0.4) is 0 Å². The first kappa shape index (κ1) is 34.9. The molecule has 14 heteroatoms. The highest BCUT2D eigenvalue weighted by atomic mass is 35.5. The molecule has 1 fully saturated rings. The molecule has 2 amide bonds. The molecule has 3 N–H and O–H groups in total. The number of nitro benzene ring substituents is 1. The Labute approximate surface area is 295 Å². The fourth-order valence-corrected chi connectivity index (χ4v) is 7.77. The van der Waals surface area contributed by atoms with Crippen LogP contribution in [0.2, 0.25) is 5.02 Å². The van der Waals surface area contributed by atoms with E-state index in [0.717, 1.165) is 16.7 Å². The highest BCUT2D eigenvalue weighted by molar-refractivity contribution is 7.91. The second-order valence-electron chi connectivity index (χ2n) is 12.4. The average molecular weight is 717 g/mol.